The molecule has 39 heavy (non-hydrogen) atoms. The Labute approximate surface area is 233 Å². The number of fused-ring (bicyclic) bond motifs is 1. The fraction of sp³-hybridized carbons (Fsp3) is 0.156. The van der Waals surface area contributed by atoms with Gasteiger partial charge in [0.05, 0.1) is 22.9 Å². The maximum absolute atomic E-state index is 13.3. The number of carbonyl (C=O) groups excluding carboxylic acids is 1. The molecule has 0 radical (unpaired) electrons. The number of nitrogens with two attached hydrogens (primary N) is 1. The van der Waals surface area contributed by atoms with Crippen molar-refractivity contribution in [3.05, 3.63) is 114 Å². The Morgan fingerprint density at radius 1 is 0.872 bits per heavy atom. The summed E-state index contributed by atoms with van der Waals surface area (Å²) in [6.45, 7) is 6.22. The van der Waals surface area contributed by atoms with Gasteiger partial charge in [-0.1, -0.05) is 55.9 Å². The molecule has 1 unspecified atom stereocenters. The fourth-order valence-electron chi connectivity index (χ4n) is 4.25. The van der Waals surface area contributed by atoms with Crippen molar-refractivity contribution in [1.82, 2.24) is 15.3 Å². The largest absolute Gasteiger partial charge is 0.399 e. The van der Waals surface area contributed by atoms with E-state index in [-0.39, 0.29) is 11.9 Å². The van der Waals surface area contributed by atoms with Crippen molar-refractivity contribution in [2.45, 2.75) is 42.5 Å². The third-order valence-electron chi connectivity index (χ3n) is 6.51. The summed E-state index contributed by atoms with van der Waals surface area (Å²) in [5.41, 5.74) is 11.8. The quantitative estimate of drug-likeness (QED) is 0.177. The van der Waals surface area contributed by atoms with Gasteiger partial charge >= 0.3 is 0 Å². The highest BCUT2D eigenvalue weighted by molar-refractivity contribution is 7.99. The lowest BCUT2D eigenvalue weighted by Crippen LogP contribution is -2.26. The van der Waals surface area contributed by atoms with Crippen LogP contribution in [0.1, 0.15) is 54.3 Å². The first-order chi connectivity index (χ1) is 18.9. The van der Waals surface area contributed by atoms with Gasteiger partial charge in [0.1, 0.15) is 0 Å². The lowest BCUT2D eigenvalue weighted by molar-refractivity contribution is 0.0940. The molecule has 0 spiro atoms. The molecule has 2 heterocycles. The number of anilines is 3. The van der Waals surface area contributed by atoms with Crippen molar-refractivity contribution in [3.8, 4) is 0 Å². The Morgan fingerprint density at radius 3 is 2.38 bits per heavy atom. The first-order valence-electron chi connectivity index (χ1n) is 12.9. The summed E-state index contributed by atoms with van der Waals surface area (Å²) in [6, 6.07) is 27.3. The van der Waals surface area contributed by atoms with Crippen LogP contribution in [-0.4, -0.2) is 15.9 Å². The van der Waals surface area contributed by atoms with E-state index in [1.54, 1.807) is 18.0 Å². The van der Waals surface area contributed by atoms with E-state index in [1.165, 1.54) is 0 Å². The molecular weight excluding hydrogens is 502 g/mol. The molecule has 5 rings (SSSR count). The van der Waals surface area contributed by atoms with Gasteiger partial charge in [-0.15, -0.1) is 0 Å². The SMILES string of the molecule is CC(C)c1cc2nccc(Nc3cc(C(=O)NC(C)c4ccccc4)ccc3Sc3ccc(N)cc3)c2cn1. The molecule has 0 saturated heterocycles. The molecule has 4 N–H and O–H groups in total. The summed E-state index contributed by atoms with van der Waals surface area (Å²) in [6.07, 6.45) is 3.66. The minimum absolute atomic E-state index is 0.121. The van der Waals surface area contributed by atoms with Crippen LogP contribution in [0.3, 0.4) is 0 Å². The summed E-state index contributed by atoms with van der Waals surface area (Å²) in [7, 11) is 0. The van der Waals surface area contributed by atoms with Crippen LogP contribution in [0.15, 0.2) is 107 Å². The molecule has 0 aliphatic rings. The molecule has 1 atom stereocenters. The van der Waals surface area contributed by atoms with Gasteiger partial charge in [0.25, 0.3) is 5.91 Å². The standard InChI is InChI=1S/C32H31N5OS/c1-20(2)28-18-29-26(19-35-28)27(15-16-34-29)37-30-17-23(32(38)36-21(3)22-7-5-4-6-8-22)9-14-31(30)39-25-12-10-24(33)11-13-25/h4-21H,33H2,1-3H3,(H,34,37)(H,36,38). The van der Waals surface area contributed by atoms with E-state index in [0.717, 1.165) is 43.3 Å². The van der Waals surface area contributed by atoms with Gasteiger partial charge in [-0.05, 0) is 73.0 Å². The van der Waals surface area contributed by atoms with Crippen LogP contribution < -0.4 is 16.4 Å². The fourth-order valence-corrected chi connectivity index (χ4v) is 5.13. The first-order valence-corrected chi connectivity index (χ1v) is 13.7. The number of aromatic nitrogens is 2. The van der Waals surface area contributed by atoms with E-state index in [9.17, 15) is 4.79 Å². The molecule has 0 bridgehead atoms. The van der Waals surface area contributed by atoms with E-state index in [4.69, 9.17) is 5.73 Å². The van der Waals surface area contributed by atoms with E-state index < -0.39 is 0 Å². The van der Waals surface area contributed by atoms with Gasteiger partial charge in [0.15, 0.2) is 0 Å². The maximum Gasteiger partial charge on any atom is 0.251 e. The van der Waals surface area contributed by atoms with Gasteiger partial charge in [-0.3, -0.25) is 14.8 Å². The van der Waals surface area contributed by atoms with Crippen molar-refractivity contribution < 1.29 is 4.79 Å². The lowest BCUT2D eigenvalue weighted by atomic mass is 10.1. The molecule has 0 fully saturated rings. The van der Waals surface area contributed by atoms with E-state index in [2.05, 4.69) is 34.4 Å². The normalized spacial score (nSPS) is 11.9. The number of amides is 1. The third-order valence-corrected chi connectivity index (χ3v) is 7.59. The Kier molecular flexibility index (Phi) is 7.79. The van der Waals surface area contributed by atoms with Gasteiger partial charge in [-0.25, -0.2) is 0 Å². The van der Waals surface area contributed by atoms with Crippen molar-refractivity contribution >= 4 is 45.6 Å². The Hall–Kier alpha value is -4.36. The van der Waals surface area contributed by atoms with Gasteiger partial charge < -0.3 is 16.4 Å². The summed E-state index contributed by atoms with van der Waals surface area (Å²) in [4.78, 5) is 24.5. The van der Waals surface area contributed by atoms with Crippen molar-refractivity contribution in [2.24, 2.45) is 0 Å². The first kappa shape index (κ1) is 26.3. The Bertz CT molecular complexity index is 1600. The second-order valence-electron chi connectivity index (χ2n) is 9.75. The Morgan fingerprint density at radius 2 is 1.64 bits per heavy atom. The number of benzene rings is 3. The highest BCUT2D eigenvalue weighted by Crippen LogP contribution is 2.37. The second-order valence-corrected chi connectivity index (χ2v) is 10.9. The molecule has 0 aliphatic heterocycles. The molecule has 2 aromatic heterocycles. The molecule has 0 aliphatic carbocycles. The number of carbonyl (C=O) groups is 1. The summed E-state index contributed by atoms with van der Waals surface area (Å²) >= 11 is 1.60. The van der Waals surface area contributed by atoms with Crippen LogP contribution in [0.2, 0.25) is 0 Å². The molecule has 0 saturated carbocycles. The third kappa shape index (κ3) is 6.21. The summed E-state index contributed by atoms with van der Waals surface area (Å²) < 4.78 is 0. The zero-order valence-electron chi connectivity index (χ0n) is 22.2. The number of pyridine rings is 2. The number of hydrogen-bond donors (Lipinski definition) is 3. The minimum atomic E-state index is -0.138. The molecule has 3 aromatic carbocycles. The number of nitrogen functional groups attached to an aromatic ring is 1. The molecule has 5 aromatic rings. The highest BCUT2D eigenvalue weighted by atomic mass is 32.2. The monoisotopic (exact) mass is 533 g/mol. The van der Waals surface area contributed by atoms with Crippen LogP contribution >= 0.6 is 11.8 Å². The smallest absolute Gasteiger partial charge is 0.251 e. The highest BCUT2D eigenvalue weighted by Gasteiger charge is 2.16. The average Bonchev–Trinajstić information content (AvgIpc) is 2.95. The molecule has 196 valence electrons. The molecular formula is C32H31N5OS. The van der Waals surface area contributed by atoms with Crippen LogP contribution in [0.25, 0.3) is 10.9 Å². The predicted octanol–water partition coefficient (Wildman–Crippen LogP) is 7.72. The molecule has 6 nitrogen and oxygen atoms in total. The van der Waals surface area contributed by atoms with Gasteiger partial charge in [0.2, 0.25) is 0 Å². The van der Waals surface area contributed by atoms with Crippen LogP contribution in [-0.2, 0) is 0 Å². The van der Waals surface area contributed by atoms with Crippen molar-refractivity contribution in [2.75, 3.05) is 11.1 Å². The van der Waals surface area contributed by atoms with Crippen LogP contribution in [0.5, 0.6) is 0 Å². The zero-order chi connectivity index (χ0) is 27.4. The number of nitrogens with zero attached hydrogens (tertiary/aromatic N) is 2. The minimum Gasteiger partial charge on any atom is -0.399 e. The summed E-state index contributed by atoms with van der Waals surface area (Å²) in [5.74, 6) is 0.172. The van der Waals surface area contributed by atoms with Gasteiger partial charge in [-0.2, -0.15) is 0 Å². The topological polar surface area (TPSA) is 92.9 Å². The van der Waals surface area contributed by atoms with Crippen LogP contribution in [0.4, 0.5) is 17.1 Å². The number of rotatable bonds is 8. The second kappa shape index (κ2) is 11.6. The Balaban J connectivity index is 1.49. The summed E-state index contributed by atoms with van der Waals surface area (Å²) in [5, 5.41) is 7.60. The number of nitrogens with one attached hydrogen (secondary N) is 2. The van der Waals surface area contributed by atoms with Crippen molar-refractivity contribution in [1.29, 1.82) is 0 Å². The van der Waals surface area contributed by atoms with Gasteiger partial charge in [0, 0.05) is 44.5 Å². The zero-order valence-corrected chi connectivity index (χ0v) is 23.0. The lowest BCUT2D eigenvalue weighted by Gasteiger charge is -2.17. The van der Waals surface area contributed by atoms with E-state index in [0.29, 0.717) is 17.2 Å². The molecule has 1 amide bonds. The number of hydrogen-bond acceptors (Lipinski definition) is 6. The van der Waals surface area contributed by atoms with E-state index >= 15 is 0 Å². The average molecular weight is 534 g/mol. The predicted molar refractivity (Wildman–Crippen MR) is 161 cm³/mol. The maximum atomic E-state index is 13.3. The van der Waals surface area contributed by atoms with Crippen molar-refractivity contribution in [3.63, 3.8) is 0 Å². The molecule has 7 heteroatoms. The van der Waals surface area contributed by atoms with Crippen LogP contribution in [0, 0.1) is 0 Å². The van der Waals surface area contributed by atoms with E-state index in [1.807, 2.05) is 98.0 Å².